The number of H-pyrrole nitrogens is 1. The molecule has 0 unspecified atom stereocenters. The van der Waals surface area contributed by atoms with Crippen LogP contribution < -0.4 is 5.56 Å². The molecule has 2 aromatic heterocycles. The Hall–Kier alpha value is -3.15. The minimum atomic E-state index is -0.205. The van der Waals surface area contributed by atoms with E-state index < -0.39 is 0 Å². The van der Waals surface area contributed by atoms with Crippen molar-refractivity contribution in [3.8, 4) is 0 Å². The van der Waals surface area contributed by atoms with Crippen LogP contribution in [0.4, 0.5) is 0 Å². The van der Waals surface area contributed by atoms with Crippen LogP contribution in [0.2, 0.25) is 0 Å². The monoisotopic (exact) mass is 335 g/mol. The summed E-state index contributed by atoms with van der Waals surface area (Å²) in [6.45, 7) is 0.774. The quantitative estimate of drug-likeness (QED) is 0.795. The predicted octanol–water partition coefficient (Wildman–Crippen LogP) is 2.15. The average Bonchev–Trinajstić information content (AvgIpc) is 3.16. The minimum Gasteiger partial charge on any atom is -0.459 e. The van der Waals surface area contributed by atoms with Gasteiger partial charge in [0.2, 0.25) is 0 Å². The molecular weight excluding hydrogens is 318 g/mol. The molecule has 6 nitrogen and oxygen atoms in total. The Bertz CT molecular complexity index is 946. The molecule has 1 amide bonds. The zero-order valence-corrected chi connectivity index (χ0v) is 13.6. The van der Waals surface area contributed by atoms with Crippen molar-refractivity contribution in [2.24, 2.45) is 0 Å². The maximum atomic E-state index is 12.5. The van der Waals surface area contributed by atoms with Gasteiger partial charge < -0.3 is 14.3 Å². The summed E-state index contributed by atoms with van der Waals surface area (Å²) in [4.78, 5) is 33.9. The SMILES string of the molecule is O=C(c1ccco1)N1CCc2nc(Cc3ccccc3)[nH]c(=O)c2C1. The van der Waals surface area contributed by atoms with Crippen molar-refractivity contribution < 1.29 is 9.21 Å². The Morgan fingerprint density at radius 3 is 2.80 bits per heavy atom. The number of aromatic amines is 1. The minimum absolute atomic E-state index is 0.173. The predicted molar refractivity (Wildman–Crippen MR) is 91.3 cm³/mol. The second-order valence-corrected chi connectivity index (χ2v) is 6.05. The number of benzene rings is 1. The normalized spacial score (nSPS) is 13.5. The molecule has 0 radical (unpaired) electrons. The number of hydrogen-bond donors (Lipinski definition) is 1. The number of aromatic nitrogens is 2. The second-order valence-electron chi connectivity index (χ2n) is 6.05. The van der Waals surface area contributed by atoms with Gasteiger partial charge >= 0.3 is 0 Å². The Morgan fingerprint density at radius 1 is 1.20 bits per heavy atom. The highest BCUT2D eigenvalue weighted by atomic mass is 16.3. The number of carbonyl (C=O) groups excluding carboxylic acids is 1. The van der Waals surface area contributed by atoms with Gasteiger partial charge in [0, 0.05) is 19.4 Å². The zero-order valence-electron chi connectivity index (χ0n) is 13.6. The fourth-order valence-electron chi connectivity index (χ4n) is 3.08. The van der Waals surface area contributed by atoms with E-state index in [9.17, 15) is 9.59 Å². The van der Waals surface area contributed by atoms with Crippen LogP contribution in [0.25, 0.3) is 0 Å². The molecular formula is C19H17N3O3. The number of rotatable bonds is 3. The van der Waals surface area contributed by atoms with Crippen LogP contribution in [0.3, 0.4) is 0 Å². The zero-order chi connectivity index (χ0) is 17.2. The van der Waals surface area contributed by atoms with Crippen molar-refractivity contribution in [3.05, 3.63) is 87.5 Å². The summed E-state index contributed by atoms with van der Waals surface area (Å²) in [7, 11) is 0. The molecule has 1 aromatic carbocycles. The van der Waals surface area contributed by atoms with Crippen molar-refractivity contribution in [2.45, 2.75) is 19.4 Å². The van der Waals surface area contributed by atoms with Gasteiger partial charge in [0.1, 0.15) is 5.82 Å². The van der Waals surface area contributed by atoms with E-state index >= 15 is 0 Å². The van der Waals surface area contributed by atoms with Gasteiger partial charge in [-0.1, -0.05) is 30.3 Å². The lowest BCUT2D eigenvalue weighted by molar-refractivity contribution is 0.0700. The van der Waals surface area contributed by atoms with Crippen molar-refractivity contribution >= 4 is 5.91 Å². The van der Waals surface area contributed by atoms with Crippen LogP contribution in [-0.2, 0) is 19.4 Å². The molecule has 3 heterocycles. The number of furan rings is 1. The van der Waals surface area contributed by atoms with Gasteiger partial charge in [-0.25, -0.2) is 4.98 Å². The Kier molecular flexibility index (Phi) is 3.93. The molecule has 1 aliphatic heterocycles. The van der Waals surface area contributed by atoms with Gasteiger partial charge in [-0.2, -0.15) is 0 Å². The third-order valence-corrected chi connectivity index (χ3v) is 4.35. The number of fused-ring (bicyclic) bond motifs is 1. The van der Waals surface area contributed by atoms with Crippen LogP contribution in [0.15, 0.2) is 57.9 Å². The van der Waals surface area contributed by atoms with Crippen molar-refractivity contribution in [1.29, 1.82) is 0 Å². The molecule has 1 aliphatic rings. The van der Waals surface area contributed by atoms with E-state index in [2.05, 4.69) is 9.97 Å². The standard InChI is InChI=1S/C19H17N3O3/c23-18-14-12-22(19(24)16-7-4-10-25-16)9-8-15(14)20-17(21-18)11-13-5-2-1-3-6-13/h1-7,10H,8-9,11-12H2,(H,20,21,23). The first-order valence-corrected chi connectivity index (χ1v) is 8.18. The molecule has 0 atom stereocenters. The summed E-state index contributed by atoms with van der Waals surface area (Å²) >= 11 is 0. The van der Waals surface area contributed by atoms with Crippen LogP contribution >= 0.6 is 0 Å². The Labute approximate surface area is 144 Å². The molecule has 0 saturated carbocycles. The smallest absolute Gasteiger partial charge is 0.289 e. The van der Waals surface area contributed by atoms with E-state index in [0.717, 1.165) is 11.3 Å². The van der Waals surface area contributed by atoms with Crippen molar-refractivity contribution in [2.75, 3.05) is 6.54 Å². The van der Waals surface area contributed by atoms with Gasteiger partial charge in [-0.05, 0) is 17.7 Å². The fourth-order valence-corrected chi connectivity index (χ4v) is 3.08. The Balaban J connectivity index is 1.57. The third kappa shape index (κ3) is 3.10. The summed E-state index contributed by atoms with van der Waals surface area (Å²) in [5.41, 5.74) is 2.25. The van der Waals surface area contributed by atoms with Gasteiger partial charge in [0.15, 0.2) is 5.76 Å². The number of amides is 1. The maximum Gasteiger partial charge on any atom is 0.289 e. The topological polar surface area (TPSA) is 79.2 Å². The highest BCUT2D eigenvalue weighted by molar-refractivity contribution is 5.91. The van der Waals surface area contributed by atoms with Crippen LogP contribution in [0, 0.1) is 0 Å². The molecule has 25 heavy (non-hydrogen) atoms. The molecule has 0 saturated heterocycles. The largest absolute Gasteiger partial charge is 0.459 e. The van der Waals surface area contributed by atoms with Crippen LogP contribution in [0.1, 0.15) is 33.2 Å². The maximum absolute atomic E-state index is 12.5. The summed E-state index contributed by atoms with van der Waals surface area (Å²) in [5.74, 6) is 0.734. The highest BCUT2D eigenvalue weighted by Crippen LogP contribution is 2.17. The summed E-state index contributed by atoms with van der Waals surface area (Å²) < 4.78 is 5.16. The first kappa shape index (κ1) is 15.4. The molecule has 0 fully saturated rings. The lowest BCUT2D eigenvalue weighted by atomic mass is 10.1. The molecule has 4 rings (SSSR count). The van der Waals surface area contributed by atoms with E-state index in [4.69, 9.17) is 4.42 Å². The molecule has 0 aliphatic carbocycles. The number of nitrogens with one attached hydrogen (secondary N) is 1. The number of carbonyl (C=O) groups is 1. The highest BCUT2D eigenvalue weighted by Gasteiger charge is 2.26. The molecule has 6 heteroatoms. The Morgan fingerprint density at radius 2 is 2.04 bits per heavy atom. The van der Waals surface area contributed by atoms with E-state index in [1.165, 1.54) is 6.26 Å². The van der Waals surface area contributed by atoms with Gasteiger partial charge in [-0.3, -0.25) is 9.59 Å². The average molecular weight is 335 g/mol. The van der Waals surface area contributed by atoms with Crippen LogP contribution in [-0.4, -0.2) is 27.3 Å². The van der Waals surface area contributed by atoms with Crippen molar-refractivity contribution in [1.82, 2.24) is 14.9 Å². The van der Waals surface area contributed by atoms with Gasteiger partial charge in [-0.15, -0.1) is 0 Å². The lowest BCUT2D eigenvalue weighted by Crippen LogP contribution is -2.39. The third-order valence-electron chi connectivity index (χ3n) is 4.35. The summed E-state index contributed by atoms with van der Waals surface area (Å²) in [5, 5.41) is 0. The second kappa shape index (κ2) is 6.39. The van der Waals surface area contributed by atoms with E-state index in [1.54, 1.807) is 17.0 Å². The van der Waals surface area contributed by atoms with Gasteiger partial charge in [0.05, 0.1) is 24.1 Å². The molecule has 0 bridgehead atoms. The molecule has 126 valence electrons. The van der Waals surface area contributed by atoms with Crippen LogP contribution in [0.5, 0.6) is 0 Å². The summed E-state index contributed by atoms with van der Waals surface area (Å²) in [6.07, 6.45) is 2.61. The number of nitrogens with zero attached hydrogens (tertiary/aromatic N) is 2. The van der Waals surface area contributed by atoms with E-state index in [0.29, 0.717) is 30.8 Å². The number of hydrogen-bond acceptors (Lipinski definition) is 4. The van der Waals surface area contributed by atoms with Gasteiger partial charge in [0.25, 0.3) is 11.5 Å². The first-order valence-electron chi connectivity index (χ1n) is 8.18. The van der Waals surface area contributed by atoms with E-state index in [1.807, 2.05) is 30.3 Å². The molecule has 1 N–H and O–H groups in total. The lowest BCUT2D eigenvalue weighted by Gasteiger charge is -2.27. The summed E-state index contributed by atoms with van der Waals surface area (Å²) in [6, 6.07) is 13.2. The fraction of sp³-hybridized carbons (Fsp3) is 0.211. The van der Waals surface area contributed by atoms with Crippen molar-refractivity contribution in [3.63, 3.8) is 0 Å². The van der Waals surface area contributed by atoms with E-state index in [-0.39, 0.29) is 23.8 Å². The first-order chi connectivity index (χ1) is 12.2. The molecule has 0 spiro atoms. The molecule has 3 aromatic rings.